The second kappa shape index (κ2) is 6.17. The highest BCUT2D eigenvalue weighted by Gasteiger charge is 2.43. The van der Waals surface area contributed by atoms with E-state index in [0.717, 1.165) is 6.07 Å². The lowest BCUT2D eigenvalue weighted by Gasteiger charge is -2.33. The zero-order chi connectivity index (χ0) is 16.3. The third-order valence-corrected chi connectivity index (χ3v) is 3.63. The summed E-state index contributed by atoms with van der Waals surface area (Å²) in [6.07, 6.45) is -5.11. The summed E-state index contributed by atoms with van der Waals surface area (Å²) in [5, 5.41) is 18.3. The van der Waals surface area contributed by atoms with Crippen molar-refractivity contribution in [3.05, 3.63) is 35.4 Å². The summed E-state index contributed by atoms with van der Waals surface area (Å²) in [5.41, 5.74) is -2.52. The summed E-state index contributed by atoms with van der Waals surface area (Å²) >= 11 is 0. The van der Waals surface area contributed by atoms with Crippen molar-refractivity contribution in [1.82, 2.24) is 0 Å². The normalized spacial score (nSPS) is 14.5. The Kier molecular flexibility index (Phi) is 5.00. The molecule has 21 heavy (non-hydrogen) atoms. The first-order valence-corrected chi connectivity index (χ1v) is 6.45. The standard InChI is InChI=1S/C15H16F3NO2/c1-10(2)14(9-19,8-7-13(20)21)11-5-3-4-6-12(11)15(16,17)18/h3-6,10H,7-8H2,1-2H3,(H,20,21). The van der Waals surface area contributed by atoms with E-state index in [2.05, 4.69) is 0 Å². The fourth-order valence-corrected chi connectivity index (χ4v) is 2.40. The molecule has 0 radical (unpaired) electrons. The molecule has 1 unspecified atom stereocenters. The van der Waals surface area contributed by atoms with Crippen molar-refractivity contribution < 1.29 is 23.1 Å². The average Bonchev–Trinajstić information content (AvgIpc) is 2.38. The van der Waals surface area contributed by atoms with Crippen LogP contribution < -0.4 is 0 Å². The molecular weight excluding hydrogens is 283 g/mol. The number of nitrogens with zero attached hydrogens (tertiary/aromatic N) is 1. The van der Waals surface area contributed by atoms with Gasteiger partial charge in [-0.3, -0.25) is 4.79 Å². The third-order valence-electron chi connectivity index (χ3n) is 3.63. The Balaban J connectivity index is 3.48. The fraction of sp³-hybridized carbons (Fsp3) is 0.467. The number of carboxylic acid groups (broad SMARTS) is 1. The van der Waals surface area contributed by atoms with Crippen LogP contribution in [0.2, 0.25) is 0 Å². The van der Waals surface area contributed by atoms with Gasteiger partial charge in [-0.1, -0.05) is 32.0 Å². The molecule has 1 atom stereocenters. The number of rotatable bonds is 5. The maximum Gasteiger partial charge on any atom is 0.416 e. The average molecular weight is 299 g/mol. The van der Waals surface area contributed by atoms with Gasteiger partial charge in [0.05, 0.1) is 17.0 Å². The van der Waals surface area contributed by atoms with Crippen molar-refractivity contribution in [1.29, 1.82) is 5.26 Å². The summed E-state index contributed by atoms with van der Waals surface area (Å²) in [7, 11) is 0. The zero-order valence-electron chi connectivity index (χ0n) is 11.7. The number of halogens is 3. The Hall–Kier alpha value is -2.03. The molecule has 1 N–H and O–H groups in total. The van der Waals surface area contributed by atoms with Crippen molar-refractivity contribution in [3.8, 4) is 6.07 Å². The van der Waals surface area contributed by atoms with E-state index in [0.29, 0.717) is 0 Å². The minimum absolute atomic E-state index is 0.156. The minimum Gasteiger partial charge on any atom is -0.481 e. The molecular formula is C15H16F3NO2. The summed E-state index contributed by atoms with van der Waals surface area (Å²) in [5.74, 6) is -1.59. The van der Waals surface area contributed by atoms with Gasteiger partial charge in [-0.15, -0.1) is 0 Å². The Morgan fingerprint density at radius 2 is 1.81 bits per heavy atom. The molecule has 114 valence electrons. The highest BCUT2D eigenvalue weighted by Crippen LogP contribution is 2.43. The van der Waals surface area contributed by atoms with Crippen LogP contribution in [0, 0.1) is 17.2 Å². The molecule has 0 amide bonds. The van der Waals surface area contributed by atoms with Crippen LogP contribution in [0.1, 0.15) is 37.8 Å². The van der Waals surface area contributed by atoms with E-state index in [9.17, 15) is 23.2 Å². The first-order chi connectivity index (χ1) is 9.65. The van der Waals surface area contributed by atoms with Crippen molar-refractivity contribution in [2.45, 2.75) is 38.3 Å². The number of nitriles is 1. The smallest absolute Gasteiger partial charge is 0.416 e. The van der Waals surface area contributed by atoms with Crippen LogP contribution in [0.4, 0.5) is 13.2 Å². The molecule has 0 bridgehead atoms. The molecule has 1 rings (SSSR count). The molecule has 3 nitrogen and oxygen atoms in total. The Bertz CT molecular complexity index is 561. The molecule has 0 aliphatic heterocycles. The summed E-state index contributed by atoms with van der Waals surface area (Å²) in [4.78, 5) is 10.8. The van der Waals surface area contributed by atoms with E-state index in [4.69, 9.17) is 5.11 Å². The second-order valence-electron chi connectivity index (χ2n) is 5.17. The maximum absolute atomic E-state index is 13.2. The van der Waals surface area contributed by atoms with Crippen LogP contribution >= 0.6 is 0 Å². The summed E-state index contributed by atoms with van der Waals surface area (Å²) in [6.45, 7) is 3.25. The third kappa shape index (κ3) is 3.54. The lowest BCUT2D eigenvalue weighted by atomic mass is 9.68. The number of carbonyl (C=O) groups is 1. The molecule has 0 aromatic heterocycles. The van der Waals surface area contributed by atoms with Gasteiger partial charge in [-0.2, -0.15) is 18.4 Å². The molecule has 6 heteroatoms. The van der Waals surface area contributed by atoms with Crippen molar-refractivity contribution >= 4 is 5.97 Å². The largest absolute Gasteiger partial charge is 0.481 e. The van der Waals surface area contributed by atoms with Gasteiger partial charge in [0.2, 0.25) is 0 Å². The van der Waals surface area contributed by atoms with E-state index >= 15 is 0 Å². The topological polar surface area (TPSA) is 61.1 Å². The predicted molar refractivity (Wildman–Crippen MR) is 70.4 cm³/mol. The number of hydrogen-bond acceptors (Lipinski definition) is 2. The van der Waals surface area contributed by atoms with Crippen LogP contribution in [-0.2, 0) is 16.4 Å². The maximum atomic E-state index is 13.2. The van der Waals surface area contributed by atoms with Crippen LogP contribution in [0.5, 0.6) is 0 Å². The van der Waals surface area contributed by atoms with Gasteiger partial charge in [0, 0.05) is 6.42 Å². The molecule has 0 spiro atoms. The fourth-order valence-electron chi connectivity index (χ4n) is 2.40. The number of hydrogen-bond donors (Lipinski definition) is 1. The predicted octanol–water partition coefficient (Wildman–Crippen LogP) is 3.99. The first-order valence-electron chi connectivity index (χ1n) is 6.45. The number of aliphatic carboxylic acids is 1. The molecule has 0 heterocycles. The molecule has 0 aliphatic carbocycles. The molecule has 1 aromatic carbocycles. The van der Waals surface area contributed by atoms with Crippen LogP contribution in [0.3, 0.4) is 0 Å². The molecule has 0 saturated carbocycles. The van der Waals surface area contributed by atoms with Crippen LogP contribution in [0.25, 0.3) is 0 Å². The van der Waals surface area contributed by atoms with Crippen molar-refractivity contribution in [2.75, 3.05) is 0 Å². The van der Waals surface area contributed by atoms with Gasteiger partial charge in [0.15, 0.2) is 0 Å². The monoisotopic (exact) mass is 299 g/mol. The van der Waals surface area contributed by atoms with E-state index in [1.165, 1.54) is 18.2 Å². The summed E-state index contributed by atoms with van der Waals surface area (Å²) in [6, 6.07) is 6.80. The molecule has 1 aromatic rings. The Morgan fingerprint density at radius 1 is 1.29 bits per heavy atom. The van der Waals surface area contributed by atoms with Crippen molar-refractivity contribution in [3.63, 3.8) is 0 Å². The van der Waals surface area contributed by atoms with Gasteiger partial charge in [0.25, 0.3) is 0 Å². The van der Waals surface area contributed by atoms with E-state index in [1.807, 2.05) is 6.07 Å². The zero-order valence-corrected chi connectivity index (χ0v) is 11.7. The van der Waals surface area contributed by atoms with Gasteiger partial charge in [0.1, 0.15) is 0 Å². The lowest BCUT2D eigenvalue weighted by Crippen LogP contribution is -2.34. The van der Waals surface area contributed by atoms with Crippen LogP contribution in [-0.4, -0.2) is 11.1 Å². The van der Waals surface area contributed by atoms with E-state index in [-0.39, 0.29) is 18.4 Å². The molecule has 0 aliphatic rings. The lowest BCUT2D eigenvalue weighted by molar-refractivity contribution is -0.138. The second-order valence-corrected chi connectivity index (χ2v) is 5.17. The quantitative estimate of drug-likeness (QED) is 0.894. The first kappa shape index (κ1) is 17.0. The van der Waals surface area contributed by atoms with Gasteiger partial charge >= 0.3 is 12.1 Å². The van der Waals surface area contributed by atoms with E-state index in [1.54, 1.807) is 13.8 Å². The van der Waals surface area contributed by atoms with Crippen molar-refractivity contribution in [2.24, 2.45) is 5.92 Å². The Morgan fingerprint density at radius 3 is 2.19 bits per heavy atom. The number of alkyl halides is 3. The molecule has 0 fully saturated rings. The van der Waals surface area contributed by atoms with Gasteiger partial charge < -0.3 is 5.11 Å². The number of benzene rings is 1. The highest BCUT2D eigenvalue weighted by atomic mass is 19.4. The van der Waals surface area contributed by atoms with Gasteiger partial charge in [-0.25, -0.2) is 0 Å². The minimum atomic E-state index is -4.59. The molecule has 0 saturated heterocycles. The number of carboxylic acids is 1. The SMILES string of the molecule is CC(C)C(C#N)(CCC(=O)O)c1ccccc1C(F)(F)F. The van der Waals surface area contributed by atoms with Crippen LogP contribution in [0.15, 0.2) is 24.3 Å². The summed E-state index contributed by atoms with van der Waals surface area (Å²) < 4.78 is 39.5. The van der Waals surface area contributed by atoms with E-state index < -0.39 is 29.0 Å². The Labute approximate surface area is 121 Å². The van der Waals surface area contributed by atoms with Gasteiger partial charge in [-0.05, 0) is 24.0 Å². The highest BCUT2D eigenvalue weighted by molar-refractivity contribution is 5.67.